The van der Waals surface area contributed by atoms with Crippen LogP contribution in [0.3, 0.4) is 0 Å². The molecule has 98 valence electrons. The molecule has 2 rings (SSSR count). The number of nitrogens with zero attached hydrogens (tertiary/aromatic N) is 3. The average Bonchev–Trinajstić information content (AvgIpc) is 2.65. The van der Waals surface area contributed by atoms with Crippen molar-refractivity contribution in [3.63, 3.8) is 0 Å². The van der Waals surface area contributed by atoms with Gasteiger partial charge in [-0.3, -0.25) is 0 Å². The molecule has 1 N–H and O–H groups in total. The van der Waals surface area contributed by atoms with Crippen molar-refractivity contribution in [2.24, 2.45) is 0 Å². The number of benzene rings is 1. The minimum absolute atomic E-state index is 0.449. The lowest BCUT2D eigenvalue weighted by atomic mass is 10.2. The summed E-state index contributed by atoms with van der Waals surface area (Å²) in [4.78, 5) is 14.6. The lowest BCUT2D eigenvalue weighted by Crippen LogP contribution is -2.00. The predicted molar refractivity (Wildman–Crippen MR) is 67.5 cm³/mol. The summed E-state index contributed by atoms with van der Waals surface area (Å²) in [5.41, 5.74) is 0.952. The number of carboxylic acid groups (broad SMARTS) is 1. The number of aryl methyl sites for hydroxylation is 2. The van der Waals surface area contributed by atoms with E-state index in [2.05, 4.69) is 10.1 Å². The van der Waals surface area contributed by atoms with Gasteiger partial charge in [0.2, 0.25) is 0 Å². The topological polar surface area (TPSA) is 68.0 Å². The first-order chi connectivity index (χ1) is 8.95. The molecule has 5 nitrogen and oxygen atoms in total. The van der Waals surface area contributed by atoms with Crippen LogP contribution in [0.25, 0.3) is 11.8 Å². The first-order valence-electron chi connectivity index (χ1n) is 5.58. The Kier molecular flexibility index (Phi) is 3.41. The predicted octanol–water partition coefficient (Wildman–Crippen LogP) is 2.12. The summed E-state index contributed by atoms with van der Waals surface area (Å²) in [6.45, 7) is 3.51. The molecule has 1 aromatic carbocycles. The molecule has 0 saturated heterocycles. The molecule has 0 unspecified atom stereocenters. The maximum atomic E-state index is 13.5. The summed E-state index contributed by atoms with van der Waals surface area (Å²) >= 11 is 0. The van der Waals surface area contributed by atoms with Crippen molar-refractivity contribution >= 4 is 12.0 Å². The molecule has 1 heterocycles. The van der Waals surface area contributed by atoms with E-state index in [9.17, 15) is 9.18 Å². The van der Waals surface area contributed by atoms with Gasteiger partial charge < -0.3 is 5.11 Å². The van der Waals surface area contributed by atoms with Crippen LogP contribution in [0.1, 0.15) is 17.2 Å². The molecule has 0 spiro atoms. The molecule has 0 bridgehead atoms. The lowest BCUT2D eigenvalue weighted by molar-refractivity contribution is -0.131. The van der Waals surface area contributed by atoms with Crippen LogP contribution in [0.5, 0.6) is 0 Å². The van der Waals surface area contributed by atoms with Crippen LogP contribution in [0.4, 0.5) is 4.39 Å². The molecule has 6 heteroatoms. The van der Waals surface area contributed by atoms with Gasteiger partial charge in [0, 0.05) is 6.08 Å². The highest BCUT2D eigenvalue weighted by atomic mass is 19.1. The first kappa shape index (κ1) is 12.9. The second kappa shape index (κ2) is 5.01. The maximum absolute atomic E-state index is 13.5. The average molecular weight is 261 g/mol. The minimum atomic E-state index is -1.08. The van der Waals surface area contributed by atoms with Crippen molar-refractivity contribution in [3.05, 3.63) is 47.3 Å². The van der Waals surface area contributed by atoms with E-state index in [-0.39, 0.29) is 0 Å². The fourth-order valence-corrected chi connectivity index (χ4v) is 1.75. The fourth-order valence-electron chi connectivity index (χ4n) is 1.75. The van der Waals surface area contributed by atoms with E-state index in [4.69, 9.17) is 5.11 Å². The number of carboxylic acids is 1. The van der Waals surface area contributed by atoms with Crippen molar-refractivity contribution in [3.8, 4) is 5.69 Å². The van der Waals surface area contributed by atoms with Crippen LogP contribution in [-0.4, -0.2) is 25.8 Å². The van der Waals surface area contributed by atoms with Gasteiger partial charge in [-0.15, -0.1) is 0 Å². The molecule has 2 aromatic rings. The molecule has 0 atom stereocenters. The summed E-state index contributed by atoms with van der Waals surface area (Å²) < 4.78 is 15.0. The van der Waals surface area contributed by atoms with Gasteiger partial charge >= 0.3 is 5.97 Å². The molecule has 0 aliphatic heterocycles. The zero-order chi connectivity index (χ0) is 14.0. The molecular formula is C13H12FN3O2. The van der Waals surface area contributed by atoms with Crippen molar-refractivity contribution in [1.82, 2.24) is 14.8 Å². The summed E-state index contributed by atoms with van der Waals surface area (Å²) in [6, 6.07) is 4.21. The van der Waals surface area contributed by atoms with E-state index in [1.807, 2.05) is 0 Å². The van der Waals surface area contributed by atoms with Crippen LogP contribution in [-0.2, 0) is 4.79 Å². The Balaban J connectivity index is 2.47. The van der Waals surface area contributed by atoms with Crippen LogP contribution < -0.4 is 0 Å². The summed E-state index contributed by atoms with van der Waals surface area (Å²) in [6.07, 6.45) is 2.28. The third-order valence-corrected chi connectivity index (χ3v) is 2.44. The first-order valence-corrected chi connectivity index (χ1v) is 5.58. The SMILES string of the molecule is Cc1nc(C)n(-c2cc(F)cc(/C=C/C(=O)O)c2)n1. The van der Waals surface area contributed by atoms with Gasteiger partial charge in [-0.2, -0.15) is 5.10 Å². The second-order valence-electron chi connectivity index (χ2n) is 4.03. The van der Waals surface area contributed by atoms with Crippen LogP contribution in [0, 0.1) is 19.7 Å². The quantitative estimate of drug-likeness (QED) is 0.859. The van der Waals surface area contributed by atoms with Crippen molar-refractivity contribution in [1.29, 1.82) is 0 Å². The standard InChI is InChI=1S/C13H12FN3O2/c1-8-15-9(2)17(16-8)12-6-10(3-4-13(18)19)5-11(14)7-12/h3-7H,1-2H3,(H,18,19)/b4-3+. The molecular weight excluding hydrogens is 249 g/mol. The highest BCUT2D eigenvalue weighted by Gasteiger charge is 2.07. The van der Waals surface area contributed by atoms with Gasteiger partial charge in [0.25, 0.3) is 0 Å². The largest absolute Gasteiger partial charge is 0.478 e. The van der Waals surface area contributed by atoms with Crippen LogP contribution in [0.15, 0.2) is 24.3 Å². The normalized spacial score (nSPS) is 11.1. The number of aromatic nitrogens is 3. The van der Waals surface area contributed by atoms with E-state index in [1.165, 1.54) is 22.9 Å². The molecule has 0 saturated carbocycles. The summed E-state index contributed by atoms with van der Waals surface area (Å²) in [7, 11) is 0. The Morgan fingerprint density at radius 1 is 1.37 bits per heavy atom. The van der Waals surface area contributed by atoms with E-state index < -0.39 is 11.8 Å². The Morgan fingerprint density at radius 2 is 2.11 bits per heavy atom. The molecule has 0 amide bonds. The van der Waals surface area contributed by atoms with Crippen molar-refractivity contribution in [2.45, 2.75) is 13.8 Å². The van der Waals surface area contributed by atoms with E-state index in [1.54, 1.807) is 19.9 Å². The van der Waals surface area contributed by atoms with Gasteiger partial charge in [0.1, 0.15) is 17.5 Å². The number of halogens is 1. The highest BCUT2D eigenvalue weighted by Crippen LogP contribution is 2.15. The summed E-state index contributed by atoms with van der Waals surface area (Å²) in [5.74, 6) is -0.325. The van der Waals surface area contributed by atoms with E-state index >= 15 is 0 Å². The van der Waals surface area contributed by atoms with Crippen LogP contribution in [0.2, 0.25) is 0 Å². The highest BCUT2D eigenvalue weighted by molar-refractivity contribution is 5.85. The third-order valence-electron chi connectivity index (χ3n) is 2.44. The van der Waals surface area contributed by atoms with Crippen molar-refractivity contribution in [2.75, 3.05) is 0 Å². The number of hydrogen-bond donors (Lipinski definition) is 1. The molecule has 0 radical (unpaired) electrons. The fraction of sp³-hybridized carbons (Fsp3) is 0.154. The Morgan fingerprint density at radius 3 is 2.68 bits per heavy atom. The summed E-state index contributed by atoms with van der Waals surface area (Å²) in [5, 5.41) is 12.7. The smallest absolute Gasteiger partial charge is 0.328 e. The number of aliphatic carboxylic acids is 1. The van der Waals surface area contributed by atoms with Gasteiger partial charge in [-0.1, -0.05) is 0 Å². The molecule has 0 fully saturated rings. The van der Waals surface area contributed by atoms with Gasteiger partial charge in [0.05, 0.1) is 5.69 Å². The Labute approximate surface area is 109 Å². The third kappa shape index (κ3) is 3.04. The van der Waals surface area contributed by atoms with Crippen LogP contribution >= 0.6 is 0 Å². The monoisotopic (exact) mass is 261 g/mol. The van der Waals surface area contributed by atoms with Gasteiger partial charge in [0.15, 0.2) is 0 Å². The Hall–Kier alpha value is -2.50. The van der Waals surface area contributed by atoms with E-state index in [0.29, 0.717) is 22.9 Å². The number of carbonyl (C=O) groups is 1. The second-order valence-corrected chi connectivity index (χ2v) is 4.03. The molecule has 0 aliphatic rings. The molecule has 19 heavy (non-hydrogen) atoms. The zero-order valence-electron chi connectivity index (χ0n) is 10.5. The lowest BCUT2D eigenvalue weighted by Gasteiger charge is -2.04. The molecule has 0 aliphatic carbocycles. The van der Waals surface area contributed by atoms with Crippen molar-refractivity contribution < 1.29 is 14.3 Å². The Bertz CT molecular complexity index is 662. The maximum Gasteiger partial charge on any atom is 0.328 e. The van der Waals surface area contributed by atoms with Gasteiger partial charge in [-0.05, 0) is 43.7 Å². The number of hydrogen-bond acceptors (Lipinski definition) is 3. The van der Waals surface area contributed by atoms with E-state index in [0.717, 1.165) is 6.08 Å². The number of rotatable bonds is 3. The minimum Gasteiger partial charge on any atom is -0.478 e. The molecule has 1 aromatic heterocycles. The zero-order valence-corrected chi connectivity index (χ0v) is 10.5. The van der Waals surface area contributed by atoms with Gasteiger partial charge in [-0.25, -0.2) is 18.9 Å².